The third-order valence-electron chi connectivity index (χ3n) is 4.75. The van der Waals surface area contributed by atoms with Crippen molar-refractivity contribution in [2.24, 2.45) is 0 Å². The van der Waals surface area contributed by atoms with Gasteiger partial charge in [-0.25, -0.2) is 23.5 Å². The van der Waals surface area contributed by atoms with Crippen LogP contribution in [0.25, 0.3) is 5.65 Å². The highest BCUT2D eigenvalue weighted by Crippen LogP contribution is 2.35. The maximum atomic E-state index is 14.3. The van der Waals surface area contributed by atoms with Crippen molar-refractivity contribution < 1.29 is 28.2 Å². The summed E-state index contributed by atoms with van der Waals surface area (Å²) >= 11 is 3.36. The number of rotatable bonds is 9. The summed E-state index contributed by atoms with van der Waals surface area (Å²) in [5.41, 5.74) is 0.489. The molecule has 2 N–H and O–H groups in total. The van der Waals surface area contributed by atoms with Crippen LogP contribution in [0.3, 0.4) is 0 Å². The van der Waals surface area contributed by atoms with Crippen molar-refractivity contribution in [1.82, 2.24) is 19.9 Å². The average molecular weight is 566 g/mol. The summed E-state index contributed by atoms with van der Waals surface area (Å²) in [5, 5.41) is 9.95. The minimum Gasteiger partial charge on any atom is -0.490 e. The number of hydrogen-bond acceptors (Lipinski definition) is 8. The Morgan fingerprint density at radius 2 is 2.03 bits per heavy atom. The Bertz CT molecular complexity index is 1240. The smallest absolute Gasteiger partial charge is 0.407 e. The van der Waals surface area contributed by atoms with Gasteiger partial charge in [0.15, 0.2) is 5.65 Å². The number of carbonyl (C=O) groups excluding carboxylic acids is 2. The topological polar surface area (TPSA) is 116 Å². The molecule has 1 amide bonds. The van der Waals surface area contributed by atoms with Gasteiger partial charge in [0, 0.05) is 11.8 Å². The van der Waals surface area contributed by atoms with E-state index in [2.05, 4.69) is 36.6 Å². The summed E-state index contributed by atoms with van der Waals surface area (Å²) in [6.45, 7) is 9.42. The number of amides is 1. The second kappa shape index (κ2) is 11.5. The Labute approximate surface area is 216 Å². The summed E-state index contributed by atoms with van der Waals surface area (Å²) < 4.78 is 32.3. The number of esters is 1. The number of ether oxygens (including phenoxy) is 3. The van der Waals surface area contributed by atoms with Gasteiger partial charge in [-0.05, 0) is 68.7 Å². The zero-order valence-corrected chi connectivity index (χ0v) is 22.3. The van der Waals surface area contributed by atoms with Gasteiger partial charge in [0.1, 0.15) is 35.2 Å². The summed E-state index contributed by atoms with van der Waals surface area (Å²) in [6.07, 6.45) is 2.50. The van der Waals surface area contributed by atoms with Crippen molar-refractivity contribution in [1.29, 1.82) is 0 Å². The molecule has 2 heterocycles. The van der Waals surface area contributed by atoms with Crippen LogP contribution in [0, 0.1) is 5.82 Å². The number of nitrogens with one attached hydrogen (secondary N) is 2. The molecule has 0 aliphatic heterocycles. The molecule has 194 valence electrons. The third kappa shape index (κ3) is 7.06. The number of aromatic nitrogens is 3. The van der Waals surface area contributed by atoms with E-state index in [9.17, 15) is 14.0 Å². The van der Waals surface area contributed by atoms with E-state index < -0.39 is 29.5 Å². The van der Waals surface area contributed by atoms with Gasteiger partial charge >= 0.3 is 12.1 Å². The Balaban J connectivity index is 1.74. The van der Waals surface area contributed by atoms with Crippen LogP contribution in [-0.2, 0) is 9.47 Å². The van der Waals surface area contributed by atoms with Crippen molar-refractivity contribution in [3.05, 3.63) is 52.0 Å². The molecule has 1 aromatic carbocycles. The molecule has 3 rings (SSSR count). The second-order valence-electron chi connectivity index (χ2n) is 8.81. The van der Waals surface area contributed by atoms with E-state index in [1.807, 2.05) is 6.92 Å². The lowest BCUT2D eigenvalue weighted by atomic mass is 10.1. The molecule has 0 unspecified atom stereocenters. The number of benzene rings is 1. The van der Waals surface area contributed by atoms with E-state index in [4.69, 9.17) is 14.2 Å². The van der Waals surface area contributed by atoms with Crippen molar-refractivity contribution in [3.63, 3.8) is 0 Å². The van der Waals surface area contributed by atoms with Crippen molar-refractivity contribution in [2.45, 2.75) is 46.3 Å². The van der Waals surface area contributed by atoms with Gasteiger partial charge in [-0.2, -0.15) is 5.10 Å². The molecule has 1 atom stereocenters. The fraction of sp³-hybridized carbons (Fsp3) is 0.417. The fourth-order valence-electron chi connectivity index (χ4n) is 3.28. The maximum Gasteiger partial charge on any atom is 0.407 e. The largest absolute Gasteiger partial charge is 0.490 e. The quantitative estimate of drug-likeness (QED) is 0.278. The lowest BCUT2D eigenvalue weighted by molar-refractivity contribution is 0.0513. The molecular formula is C24H29BrFN5O5. The number of nitrogens with zero attached hydrogens (tertiary/aromatic N) is 3. The molecule has 0 saturated heterocycles. The number of anilines is 1. The predicted molar refractivity (Wildman–Crippen MR) is 135 cm³/mol. The molecule has 3 aromatic rings. The van der Waals surface area contributed by atoms with E-state index >= 15 is 0 Å². The first-order valence-corrected chi connectivity index (χ1v) is 12.1. The van der Waals surface area contributed by atoms with Gasteiger partial charge in [-0.15, -0.1) is 0 Å². The summed E-state index contributed by atoms with van der Waals surface area (Å²) in [4.78, 5) is 28.5. The number of carbonyl (C=O) groups is 2. The molecule has 10 nitrogen and oxygen atoms in total. The van der Waals surface area contributed by atoms with E-state index in [0.29, 0.717) is 27.3 Å². The number of alkyl carbamates (subject to hydrolysis) is 1. The first-order valence-electron chi connectivity index (χ1n) is 11.3. The lowest BCUT2D eigenvalue weighted by Gasteiger charge is -2.21. The van der Waals surface area contributed by atoms with E-state index in [1.54, 1.807) is 40.0 Å². The van der Waals surface area contributed by atoms with Crippen LogP contribution < -0.4 is 15.4 Å². The monoisotopic (exact) mass is 565 g/mol. The highest BCUT2D eigenvalue weighted by Gasteiger charge is 2.20. The molecule has 36 heavy (non-hydrogen) atoms. The minimum absolute atomic E-state index is 0.131. The molecule has 12 heteroatoms. The van der Waals surface area contributed by atoms with E-state index in [0.717, 1.165) is 0 Å². The normalized spacial score (nSPS) is 12.2. The third-order valence-corrected chi connectivity index (χ3v) is 5.34. The Kier molecular flexibility index (Phi) is 8.72. The molecule has 0 spiro atoms. The van der Waals surface area contributed by atoms with Crippen LogP contribution in [0.15, 0.2) is 35.1 Å². The van der Waals surface area contributed by atoms with Gasteiger partial charge in [-0.3, -0.25) is 0 Å². The number of halogens is 2. The molecule has 0 fully saturated rings. The van der Waals surface area contributed by atoms with Gasteiger partial charge in [0.05, 0.1) is 29.9 Å². The van der Waals surface area contributed by atoms with Crippen LogP contribution in [0.2, 0.25) is 0 Å². The van der Waals surface area contributed by atoms with E-state index in [1.165, 1.54) is 22.8 Å². The minimum atomic E-state index is -0.607. The lowest BCUT2D eigenvalue weighted by Crippen LogP contribution is -2.34. The Hall–Kier alpha value is -3.41. The predicted octanol–water partition coefficient (Wildman–Crippen LogP) is 4.88. The van der Waals surface area contributed by atoms with Crippen molar-refractivity contribution in [2.75, 3.05) is 25.1 Å². The Morgan fingerprint density at radius 1 is 1.28 bits per heavy atom. The van der Waals surface area contributed by atoms with Gasteiger partial charge < -0.3 is 24.8 Å². The molecule has 0 aliphatic carbocycles. The van der Waals surface area contributed by atoms with Crippen LogP contribution in [-0.4, -0.2) is 52.0 Å². The first-order chi connectivity index (χ1) is 17.0. The molecule has 0 saturated carbocycles. The molecule has 0 aliphatic rings. The van der Waals surface area contributed by atoms with Gasteiger partial charge in [0.2, 0.25) is 0 Å². The van der Waals surface area contributed by atoms with Crippen LogP contribution in [0.4, 0.5) is 15.0 Å². The van der Waals surface area contributed by atoms with Crippen LogP contribution in [0.5, 0.6) is 5.75 Å². The fourth-order valence-corrected chi connectivity index (χ4v) is 3.84. The summed E-state index contributed by atoms with van der Waals surface area (Å²) in [5.74, 6) is -0.109. The Morgan fingerprint density at radius 3 is 2.72 bits per heavy atom. The summed E-state index contributed by atoms with van der Waals surface area (Å²) in [7, 11) is 0. The zero-order valence-electron chi connectivity index (χ0n) is 20.7. The molecular weight excluding hydrogens is 537 g/mol. The molecule has 0 radical (unpaired) electrons. The maximum absolute atomic E-state index is 14.3. The SMILES string of the molecule is CCOC(=O)c1cnn2ccc(N[C@H](C)c3cc(F)cc(Br)c3OCCNC(=O)OC(C)(C)C)nc12. The van der Waals surface area contributed by atoms with Gasteiger partial charge in [0.25, 0.3) is 0 Å². The summed E-state index contributed by atoms with van der Waals surface area (Å²) in [6, 6.07) is 3.91. The van der Waals surface area contributed by atoms with Crippen LogP contribution >= 0.6 is 15.9 Å². The second-order valence-corrected chi connectivity index (χ2v) is 9.66. The number of hydrogen-bond donors (Lipinski definition) is 2. The first kappa shape index (κ1) is 27.2. The molecule has 0 bridgehead atoms. The zero-order chi connectivity index (χ0) is 26.5. The average Bonchev–Trinajstić information content (AvgIpc) is 3.19. The standard InChI is InChI=1S/C24H29BrFN5O5/c1-6-34-22(32)17-13-28-31-9-7-19(30-21(17)31)29-14(2)16-11-15(26)12-18(25)20(16)35-10-8-27-23(33)36-24(3,4)5/h7,9,11-14H,6,8,10H2,1-5H3,(H,27,33)(H,29,30)/t14-/m1/s1. The van der Waals surface area contributed by atoms with E-state index in [-0.39, 0.29) is 25.3 Å². The van der Waals surface area contributed by atoms with Crippen molar-refractivity contribution in [3.8, 4) is 5.75 Å². The van der Waals surface area contributed by atoms with Crippen LogP contribution in [0.1, 0.15) is 56.6 Å². The molecule has 2 aromatic heterocycles. The highest BCUT2D eigenvalue weighted by atomic mass is 79.9. The number of fused-ring (bicyclic) bond motifs is 1. The highest BCUT2D eigenvalue weighted by molar-refractivity contribution is 9.10. The van der Waals surface area contributed by atoms with Gasteiger partial charge in [-0.1, -0.05) is 0 Å². The van der Waals surface area contributed by atoms with Crippen molar-refractivity contribution >= 4 is 39.5 Å².